The molecule has 0 radical (unpaired) electrons. The highest BCUT2D eigenvalue weighted by Crippen LogP contribution is 2.15. The minimum absolute atomic E-state index is 0.0611. The fraction of sp³-hybridized carbons (Fsp3) is 0.429. The molecule has 0 bridgehead atoms. The predicted octanol–water partition coefficient (Wildman–Crippen LogP) is -0.275. The third-order valence-electron chi connectivity index (χ3n) is 3.63. The lowest BCUT2D eigenvalue weighted by molar-refractivity contribution is 0.0709. The molecule has 2 fully saturated rings. The smallest absolute Gasteiger partial charge is 0.321 e. The van der Waals surface area contributed by atoms with Crippen LogP contribution in [0.4, 0.5) is 9.59 Å². The number of hydrogen-bond donors (Lipinski definition) is 4. The van der Waals surface area contributed by atoms with E-state index in [-0.39, 0.29) is 25.2 Å². The topological polar surface area (TPSA) is 103 Å². The molecule has 3 rings (SSSR count). The second-order valence-corrected chi connectivity index (χ2v) is 5.42. The van der Waals surface area contributed by atoms with Gasteiger partial charge < -0.3 is 25.8 Å². The first-order valence-electron chi connectivity index (χ1n) is 7.04. The van der Waals surface area contributed by atoms with Crippen LogP contribution in [0.1, 0.15) is 5.56 Å². The van der Waals surface area contributed by atoms with Crippen LogP contribution in [0.5, 0.6) is 5.75 Å². The molecule has 1 aromatic rings. The van der Waals surface area contributed by atoms with E-state index < -0.39 is 18.4 Å². The van der Waals surface area contributed by atoms with Crippen molar-refractivity contribution < 1.29 is 19.4 Å². The van der Waals surface area contributed by atoms with Crippen LogP contribution < -0.4 is 20.7 Å². The Morgan fingerprint density at radius 2 is 1.95 bits per heavy atom. The Labute approximate surface area is 127 Å². The van der Waals surface area contributed by atoms with E-state index in [0.29, 0.717) is 5.75 Å². The minimum Gasteiger partial charge on any atom is -0.491 e. The molecule has 0 unspecified atom stereocenters. The fourth-order valence-corrected chi connectivity index (χ4v) is 2.50. The third-order valence-corrected chi connectivity index (χ3v) is 3.63. The molecule has 0 spiro atoms. The summed E-state index contributed by atoms with van der Waals surface area (Å²) in [5, 5.41) is 17.9. The number of amides is 4. The summed E-state index contributed by atoms with van der Waals surface area (Å²) in [7, 11) is 0. The van der Waals surface area contributed by atoms with Crippen molar-refractivity contribution in [2.45, 2.75) is 25.4 Å². The number of aliphatic hydroxyl groups is 1. The molecule has 2 aliphatic heterocycles. The van der Waals surface area contributed by atoms with Crippen molar-refractivity contribution in [1.82, 2.24) is 20.9 Å². The maximum atomic E-state index is 11.8. The van der Waals surface area contributed by atoms with E-state index >= 15 is 0 Å². The largest absolute Gasteiger partial charge is 0.491 e. The van der Waals surface area contributed by atoms with E-state index in [9.17, 15) is 14.7 Å². The molecule has 2 heterocycles. The van der Waals surface area contributed by atoms with Gasteiger partial charge in [-0.3, -0.25) is 4.90 Å². The Morgan fingerprint density at radius 1 is 1.23 bits per heavy atom. The molecule has 0 saturated carbocycles. The van der Waals surface area contributed by atoms with Crippen LogP contribution in [0.25, 0.3) is 0 Å². The molecule has 0 aromatic heterocycles. The standard InChI is InChI=1S/C14H18N4O4/c1-8-2-4-10(5-3-8)22-7-9(19)6-18-12-11(16-14(18)21)15-13(20)17-12/h2-5,9,11-12,19H,6-7H2,1H3,(H,16,21)(H2,15,17,20)/t9-,11-,12+/m1/s1. The van der Waals surface area contributed by atoms with Gasteiger partial charge in [0.25, 0.3) is 0 Å². The summed E-state index contributed by atoms with van der Waals surface area (Å²) in [6.45, 7) is 2.11. The van der Waals surface area contributed by atoms with Gasteiger partial charge in [-0.25, -0.2) is 9.59 Å². The summed E-state index contributed by atoms with van der Waals surface area (Å²) in [6.07, 6.45) is -1.82. The normalized spacial score (nSPS) is 24.4. The average molecular weight is 306 g/mol. The van der Waals surface area contributed by atoms with E-state index in [0.717, 1.165) is 5.56 Å². The van der Waals surface area contributed by atoms with E-state index in [4.69, 9.17) is 4.74 Å². The van der Waals surface area contributed by atoms with Crippen LogP contribution in [-0.2, 0) is 0 Å². The number of β-amino-alcohol motifs (C(OH)–C–C–N with tert-alkyl or cyclic N) is 1. The molecule has 4 N–H and O–H groups in total. The molecule has 3 atom stereocenters. The molecular formula is C14H18N4O4. The van der Waals surface area contributed by atoms with Crippen molar-refractivity contribution in [2.24, 2.45) is 0 Å². The first-order chi connectivity index (χ1) is 10.5. The zero-order chi connectivity index (χ0) is 15.7. The lowest BCUT2D eigenvalue weighted by Gasteiger charge is -2.24. The van der Waals surface area contributed by atoms with Crippen LogP contribution in [-0.4, -0.2) is 53.7 Å². The minimum atomic E-state index is -0.858. The number of carbonyl (C=O) groups excluding carboxylic acids is 2. The van der Waals surface area contributed by atoms with E-state index in [2.05, 4.69) is 16.0 Å². The molecule has 8 nitrogen and oxygen atoms in total. The summed E-state index contributed by atoms with van der Waals surface area (Å²) in [4.78, 5) is 24.4. The summed E-state index contributed by atoms with van der Waals surface area (Å²) in [5.41, 5.74) is 1.12. The number of nitrogens with zero attached hydrogens (tertiary/aromatic N) is 1. The molecule has 0 aliphatic carbocycles. The Hall–Kier alpha value is -2.48. The SMILES string of the molecule is Cc1ccc(OC[C@H](O)CN2C(=O)N[C@H]3NC(=O)N[C@H]32)cc1. The number of benzene rings is 1. The summed E-state index contributed by atoms with van der Waals surface area (Å²) >= 11 is 0. The number of rotatable bonds is 5. The van der Waals surface area contributed by atoms with Crippen LogP contribution in [0.3, 0.4) is 0 Å². The van der Waals surface area contributed by atoms with Gasteiger partial charge in [0.1, 0.15) is 30.8 Å². The van der Waals surface area contributed by atoms with Crippen molar-refractivity contribution in [3.05, 3.63) is 29.8 Å². The quantitative estimate of drug-likeness (QED) is 0.601. The van der Waals surface area contributed by atoms with Crippen molar-refractivity contribution in [3.63, 3.8) is 0 Å². The van der Waals surface area contributed by atoms with Crippen molar-refractivity contribution in [3.8, 4) is 5.75 Å². The van der Waals surface area contributed by atoms with Crippen molar-refractivity contribution in [2.75, 3.05) is 13.2 Å². The number of carbonyl (C=O) groups is 2. The van der Waals surface area contributed by atoms with Crippen molar-refractivity contribution >= 4 is 12.1 Å². The van der Waals surface area contributed by atoms with Gasteiger partial charge in [-0.15, -0.1) is 0 Å². The maximum absolute atomic E-state index is 11.8. The lowest BCUT2D eigenvalue weighted by Crippen LogP contribution is -2.47. The Balaban J connectivity index is 1.53. The zero-order valence-corrected chi connectivity index (χ0v) is 12.1. The van der Waals surface area contributed by atoms with Gasteiger partial charge in [-0.2, -0.15) is 0 Å². The molecular weight excluding hydrogens is 288 g/mol. The highest BCUT2D eigenvalue weighted by molar-refractivity contribution is 5.84. The Kier molecular flexibility index (Phi) is 3.76. The molecule has 4 amide bonds. The molecule has 8 heteroatoms. The van der Waals surface area contributed by atoms with Gasteiger partial charge in [0.2, 0.25) is 0 Å². The number of nitrogens with one attached hydrogen (secondary N) is 3. The van der Waals surface area contributed by atoms with Gasteiger partial charge in [-0.1, -0.05) is 17.7 Å². The summed E-state index contributed by atoms with van der Waals surface area (Å²) in [5.74, 6) is 0.657. The van der Waals surface area contributed by atoms with Gasteiger partial charge in [0.15, 0.2) is 0 Å². The number of ether oxygens (including phenoxy) is 1. The molecule has 22 heavy (non-hydrogen) atoms. The molecule has 2 aliphatic rings. The highest BCUT2D eigenvalue weighted by Gasteiger charge is 2.45. The summed E-state index contributed by atoms with van der Waals surface area (Å²) < 4.78 is 5.49. The monoisotopic (exact) mass is 306 g/mol. The molecule has 1 aromatic carbocycles. The second kappa shape index (κ2) is 5.72. The van der Waals surface area contributed by atoms with E-state index in [1.165, 1.54) is 4.90 Å². The number of urea groups is 2. The van der Waals surface area contributed by atoms with E-state index in [1.54, 1.807) is 0 Å². The molecule has 2 saturated heterocycles. The van der Waals surface area contributed by atoms with Crippen LogP contribution in [0, 0.1) is 6.92 Å². The van der Waals surface area contributed by atoms with Crippen LogP contribution >= 0.6 is 0 Å². The van der Waals surface area contributed by atoms with Crippen molar-refractivity contribution in [1.29, 1.82) is 0 Å². The first-order valence-corrected chi connectivity index (χ1v) is 7.04. The number of fused-ring (bicyclic) bond motifs is 1. The maximum Gasteiger partial charge on any atom is 0.321 e. The summed E-state index contributed by atoms with van der Waals surface area (Å²) in [6, 6.07) is 6.80. The fourth-order valence-electron chi connectivity index (χ4n) is 2.50. The number of aryl methyl sites for hydroxylation is 1. The van der Waals surface area contributed by atoms with Gasteiger partial charge in [0.05, 0.1) is 6.54 Å². The number of hydrogen-bond acceptors (Lipinski definition) is 4. The second-order valence-electron chi connectivity index (χ2n) is 5.42. The third kappa shape index (κ3) is 2.91. The van der Waals surface area contributed by atoms with Crippen LogP contribution in [0.15, 0.2) is 24.3 Å². The average Bonchev–Trinajstić information content (AvgIpc) is 2.96. The molecule has 118 valence electrons. The Morgan fingerprint density at radius 3 is 2.68 bits per heavy atom. The van der Waals surface area contributed by atoms with Crippen LogP contribution in [0.2, 0.25) is 0 Å². The zero-order valence-electron chi connectivity index (χ0n) is 12.1. The first kappa shape index (κ1) is 14.5. The van der Waals surface area contributed by atoms with Gasteiger partial charge in [0, 0.05) is 0 Å². The van der Waals surface area contributed by atoms with Gasteiger partial charge in [-0.05, 0) is 19.1 Å². The predicted molar refractivity (Wildman–Crippen MR) is 77.2 cm³/mol. The highest BCUT2D eigenvalue weighted by atomic mass is 16.5. The Bertz CT molecular complexity index is 577. The van der Waals surface area contributed by atoms with Gasteiger partial charge >= 0.3 is 12.1 Å². The van der Waals surface area contributed by atoms with E-state index in [1.807, 2.05) is 31.2 Å². The lowest BCUT2D eigenvalue weighted by atomic mass is 10.2. The number of aliphatic hydroxyl groups excluding tert-OH is 1.